The van der Waals surface area contributed by atoms with Gasteiger partial charge in [0.2, 0.25) is 0 Å². The summed E-state index contributed by atoms with van der Waals surface area (Å²) in [6, 6.07) is 10.4. The number of hydrogen-bond donors (Lipinski definition) is 1. The third kappa shape index (κ3) is 3.88. The average molecular weight is 364 g/mol. The Kier molecular flexibility index (Phi) is 4.91. The van der Waals surface area contributed by atoms with Crippen LogP contribution in [0.1, 0.15) is 15.4 Å². The number of halogens is 2. The van der Waals surface area contributed by atoms with E-state index in [9.17, 15) is 4.79 Å². The molecule has 3 rings (SSSR count). The zero-order valence-electron chi connectivity index (χ0n) is 11.8. The van der Waals surface area contributed by atoms with Crippen LogP contribution in [0.15, 0.2) is 48.0 Å². The summed E-state index contributed by atoms with van der Waals surface area (Å²) < 4.78 is 0. The van der Waals surface area contributed by atoms with Crippen LogP contribution in [-0.2, 0) is 6.54 Å². The monoisotopic (exact) mass is 363 g/mol. The summed E-state index contributed by atoms with van der Waals surface area (Å²) in [4.78, 5) is 20.8. The normalized spacial score (nSPS) is 10.5. The van der Waals surface area contributed by atoms with Crippen LogP contribution in [0, 0.1) is 0 Å². The fraction of sp³-hybridized carbons (Fsp3) is 0.0625. The topological polar surface area (TPSA) is 54.9 Å². The van der Waals surface area contributed by atoms with Crippen LogP contribution >= 0.6 is 34.5 Å². The standard InChI is InChI=1S/C16H11Cl2N3OS/c17-11-5-4-10(7-12(11)18)16(22)20-8-15-21-14(9-23-15)13-3-1-2-6-19-13/h1-7,9H,8H2,(H,20,22). The van der Waals surface area contributed by atoms with Crippen molar-refractivity contribution in [3.8, 4) is 11.4 Å². The Hall–Kier alpha value is -1.95. The second kappa shape index (κ2) is 7.08. The van der Waals surface area contributed by atoms with E-state index in [4.69, 9.17) is 23.2 Å². The molecule has 0 aliphatic rings. The first-order chi connectivity index (χ1) is 11.1. The van der Waals surface area contributed by atoms with Crippen molar-refractivity contribution < 1.29 is 4.79 Å². The number of hydrogen-bond acceptors (Lipinski definition) is 4. The van der Waals surface area contributed by atoms with Gasteiger partial charge < -0.3 is 5.32 Å². The highest BCUT2D eigenvalue weighted by Crippen LogP contribution is 2.23. The molecule has 0 radical (unpaired) electrons. The number of benzene rings is 1. The van der Waals surface area contributed by atoms with Crippen LogP contribution in [0.3, 0.4) is 0 Å². The van der Waals surface area contributed by atoms with E-state index in [1.165, 1.54) is 11.3 Å². The van der Waals surface area contributed by atoms with E-state index in [0.717, 1.165) is 16.4 Å². The van der Waals surface area contributed by atoms with Gasteiger partial charge in [-0.3, -0.25) is 9.78 Å². The van der Waals surface area contributed by atoms with Crippen LogP contribution in [0.25, 0.3) is 11.4 Å². The van der Waals surface area contributed by atoms with E-state index >= 15 is 0 Å². The van der Waals surface area contributed by atoms with Crippen LogP contribution < -0.4 is 5.32 Å². The predicted octanol–water partition coefficient (Wildman–Crippen LogP) is 4.44. The molecule has 0 bridgehead atoms. The number of amides is 1. The molecule has 3 aromatic rings. The first-order valence-electron chi connectivity index (χ1n) is 6.72. The lowest BCUT2D eigenvalue weighted by Gasteiger charge is -2.04. The minimum atomic E-state index is -0.224. The summed E-state index contributed by atoms with van der Waals surface area (Å²) in [6.07, 6.45) is 1.72. The first-order valence-corrected chi connectivity index (χ1v) is 8.36. The molecule has 7 heteroatoms. The number of nitrogens with zero attached hydrogens (tertiary/aromatic N) is 2. The van der Waals surface area contributed by atoms with Crippen molar-refractivity contribution in [3.05, 3.63) is 68.6 Å². The van der Waals surface area contributed by atoms with Gasteiger partial charge in [0.15, 0.2) is 0 Å². The summed E-state index contributed by atoms with van der Waals surface area (Å²) in [5, 5.41) is 6.31. The van der Waals surface area contributed by atoms with Crippen molar-refractivity contribution in [2.75, 3.05) is 0 Å². The summed E-state index contributed by atoms with van der Waals surface area (Å²) in [7, 11) is 0. The molecule has 2 heterocycles. The molecule has 0 unspecified atom stereocenters. The fourth-order valence-corrected chi connectivity index (χ4v) is 2.95. The SMILES string of the molecule is O=C(NCc1nc(-c2ccccn2)cs1)c1ccc(Cl)c(Cl)c1. The number of aromatic nitrogens is 2. The molecule has 0 spiro atoms. The maximum atomic E-state index is 12.1. The van der Waals surface area contributed by atoms with E-state index in [1.807, 2.05) is 23.6 Å². The Labute approximate surface area is 147 Å². The number of carbonyl (C=O) groups is 1. The van der Waals surface area contributed by atoms with Crippen molar-refractivity contribution in [3.63, 3.8) is 0 Å². The molecule has 116 valence electrons. The molecule has 2 aromatic heterocycles. The lowest BCUT2D eigenvalue weighted by atomic mass is 10.2. The summed E-state index contributed by atoms with van der Waals surface area (Å²) >= 11 is 13.2. The van der Waals surface area contributed by atoms with E-state index in [2.05, 4.69) is 15.3 Å². The van der Waals surface area contributed by atoms with Gasteiger partial charge >= 0.3 is 0 Å². The highest BCUT2D eigenvalue weighted by atomic mass is 35.5. The number of pyridine rings is 1. The van der Waals surface area contributed by atoms with Crippen LogP contribution in [0.2, 0.25) is 10.0 Å². The maximum absolute atomic E-state index is 12.1. The first kappa shape index (κ1) is 15.9. The molecule has 1 aromatic carbocycles. The van der Waals surface area contributed by atoms with Crippen molar-refractivity contribution in [2.45, 2.75) is 6.54 Å². The molecule has 0 atom stereocenters. The molecule has 0 fully saturated rings. The van der Waals surface area contributed by atoms with Crippen molar-refractivity contribution in [1.29, 1.82) is 0 Å². The van der Waals surface area contributed by atoms with Crippen molar-refractivity contribution >= 4 is 40.4 Å². The molecule has 0 saturated carbocycles. The molecule has 1 N–H and O–H groups in total. The summed E-state index contributed by atoms with van der Waals surface area (Å²) in [5.41, 5.74) is 2.07. The van der Waals surface area contributed by atoms with Gasteiger partial charge in [0.05, 0.1) is 28.0 Å². The van der Waals surface area contributed by atoms with Crippen LogP contribution in [-0.4, -0.2) is 15.9 Å². The van der Waals surface area contributed by atoms with Gasteiger partial charge in [-0.2, -0.15) is 0 Å². The van der Waals surface area contributed by atoms with Gasteiger partial charge in [-0.15, -0.1) is 11.3 Å². The predicted molar refractivity (Wildman–Crippen MR) is 93.0 cm³/mol. The largest absolute Gasteiger partial charge is 0.346 e. The summed E-state index contributed by atoms with van der Waals surface area (Å²) in [6.45, 7) is 0.344. The summed E-state index contributed by atoms with van der Waals surface area (Å²) in [5.74, 6) is -0.224. The van der Waals surface area contributed by atoms with E-state index < -0.39 is 0 Å². The van der Waals surface area contributed by atoms with Gasteiger partial charge in [-0.25, -0.2) is 4.98 Å². The zero-order valence-corrected chi connectivity index (χ0v) is 14.1. The Balaban J connectivity index is 1.65. The smallest absolute Gasteiger partial charge is 0.251 e. The van der Waals surface area contributed by atoms with Crippen LogP contribution in [0.5, 0.6) is 0 Å². The Bertz CT molecular complexity index is 836. The lowest BCUT2D eigenvalue weighted by Crippen LogP contribution is -2.22. The third-order valence-electron chi connectivity index (χ3n) is 3.06. The van der Waals surface area contributed by atoms with Crippen molar-refractivity contribution in [2.24, 2.45) is 0 Å². The average Bonchev–Trinajstić information content (AvgIpc) is 3.05. The van der Waals surface area contributed by atoms with Gasteiger partial charge in [0.25, 0.3) is 5.91 Å². The fourth-order valence-electron chi connectivity index (χ4n) is 1.92. The van der Waals surface area contributed by atoms with Crippen molar-refractivity contribution in [1.82, 2.24) is 15.3 Å². The molecule has 0 aliphatic heterocycles. The maximum Gasteiger partial charge on any atom is 0.251 e. The minimum absolute atomic E-state index is 0.224. The van der Waals surface area contributed by atoms with Gasteiger partial charge in [-0.05, 0) is 30.3 Å². The number of carbonyl (C=O) groups excluding carboxylic acids is 1. The quantitative estimate of drug-likeness (QED) is 0.745. The number of rotatable bonds is 4. The third-order valence-corrected chi connectivity index (χ3v) is 4.65. The second-order valence-corrected chi connectivity index (χ2v) is 6.41. The van der Waals surface area contributed by atoms with Crippen LogP contribution in [0.4, 0.5) is 0 Å². The molecule has 0 aliphatic carbocycles. The second-order valence-electron chi connectivity index (χ2n) is 4.65. The van der Waals surface area contributed by atoms with E-state index in [1.54, 1.807) is 24.4 Å². The zero-order chi connectivity index (χ0) is 16.2. The lowest BCUT2D eigenvalue weighted by molar-refractivity contribution is 0.0951. The molecule has 1 amide bonds. The Morgan fingerprint density at radius 3 is 2.74 bits per heavy atom. The van der Waals surface area contributed by atoms with E-state index in [-0.39, 0.29) is 5.91 Å². The number of nitrogens with one attached hydrogen (secondary N) is 1. The van der Waals surface area contributed by atoms with Gasteiger partial charge in [0.1, 0.15) is 5.01 Å². The van der Waals surface area contributed by atoms with Gasteiger partial charge in [-0.1, -0.05) is 29.3 Å². The highest BCUT2D eigenvalue weighted by Gasteiger charge is 2.10. The molecule has 0 saturated heterocycles. The van der Waals surface area contributed by atoms with Gasteiger partial charge in [0, 0.05) is 17.1 Å². The molecular formula is C16H11Cl2N3OS. The Morgan fingerprint density at radius 1 is 1.13 bits per heavy atom. The number of thiazole rings is 1. The molecular weight excluding hydrogens is 353 g/mol. The highest BCUT2D eigenvalue weighted by molar-refractivity contribution is 7.09. The Morgan fingerprint density at radius 2 is 2.00 bits per heavy atom. The minimum Gasteiger partial charge on any atom is -0.346 e. The molecule has 23 heavy (non-hydrogen) atoms. The molecule has 4 nitrogen and oxygen atoms in total. The van der Waals surface area contributed by atoms with E-state index in [0.29, 0.717) is 22.2 Å².